The Bertz CT molecular complexity index is 1030. The fraction of sp³-hybridized carbons (Fsp3) is 0.400. The molecule has 1 aliphatic rings. The Hall–Kier alpha value is -2.96. The van der Waals surface area contributed by atoms with Gasteiger partial charge < -0.3 is 14.8 Å². The van der Waals surface area contributed by atoms with Crippen molar-refractivity contribution in [2.24, 2.45) is 7.05 Å². The number of nitrogens with zero attached hydrogens (tertiary/aromatic N) is 3. The zero-order valence-electron chi connectivity index (χ0n) is 15.9. The van der Waals surface area contributed by atoms with Crippen molar-refractivity contribution < 1.29 is 9.47 Å². The summed E-state index contributed by atoms with van der Waals surface area (Å²) in [5.74, 6) is 2.06. The normalized spacial score (nSPS) is 14.6. The van der Waals surface area contributed by atoms with E-state index in [-0.39, 0.29) is 11.7 Å². The van der Waals surface area contributed by atoms with Crippen LogP contribution in [0.15, 0.2) is 35.3 Å². The van der Waals surface area contributed by atoms with Gasteiger partial charge in [-0.2, -0.15) is 0 Å². The van der Waals surface area contributed by atoms with Crippen molar-refractivity contribution in [3.05, 3.63) is 40.9 Å². The largest absolute Gasteiger partial charge is 0.497 e. The first-order chi connectivity index (χ1) is 13.1. The molecule has 0 aliphatic heterocycles. The Morgan fingerprint density at radius 2 is 1.89 bits per heavy atom. The molecule has 4 rings (SSSR count). The number of pyridine rings is 1. The number of benzene rings is 1. The van der Waals surface area contributed by atoms with Crippen molar-refractivity contribution in [1.82, 2.24) is 14.1 Å². The summed E-state index contributed by atoms with van der Waals surface area (Å²) >= 11 is 0. The van der Waals surface area contributed by atoms with E-state index in [1.807, 2.05) is 28.8 Å². The Labute approximate surface area is 157 Å². The van der Waals surface area contributed by atoms with Crippen LogP contribution in [0.5, 0.6) is 11.5 Å². The van der Waals surface area contributed by atoms with Crippen LogP contribution in [0.1, 0.15) is 31.7 Å². The van der Waals surface area contributed by atoms with Gasteiger partial charge in [0.2, 0.25) is 0 Å². The molecule has 1 saturated carbocycles. The maximum atomic E-state index is 12.8. The number of hydrogen-bond donors (Lipinski definition) is 1. The lowest BCUT2D eigenvalue weighted by Gasteiger charge is -2.13. The third kappa shape index (κ3) is 3.03. The van der Waals surface area contributed by atoms with Crippen molar-refractivity contribution in [2.45, 2.75) is 31.7 Å². The fourth-order valence-electron chi connectivity index (χ4n) is 3.88. The molecule has 2 heterocycles. The van der Waals surface area contributed by atoms with Crippen LogP contribution in [0.2, 0.25) is 0 Å². The summed E-state index contributed by atoms with van der Waals surface area (Å²) in [4.78, 5) is 17.3. The Morgan fingerprint density at radius 3 is 2.59 bits per heavy atom. The topological polar surface area (TPSA) is 70.3 Å². The second kappa shape index (κ2) is 6.98. The second-order valence-corrected chi connectivity index (χ2v) is 6.90. The quantitative estimate of drug-likeness (QED) is 0.745. The van der Waals surface area contributed by atoms with Gasteiger partial charge in [0, 0.05) is 25.2 Å². The predicted molar refractivity (Wildman–Crippen MR) is 105 cm³/mol. The van der Waals surface area contributed by atoms with Crippen molar-refractivity contribution >= 4 is 22.5 Å². The third-order valence-electron chi connectivity index (χ3n) is 5.34. The number of aryl methyl sites for hydroxylation is 1. The van der Waals surface area contributed by atoms with Crippen LogP contribution in [0.25, 0.3) is 11.0 Å². The van der Waals surface area contributed by atoms with Gasteiger partial charge in [-0.05, 0) is 25.0 Å². The molecule has 2 aromatic heterocycles. The molecular formula is C20H24N4O3. The maximum Gasteiger partial charge on any atom is 0.329 e. The van der Waals surface area contributed by atoms with Gasteiger partial charge in [0.1, 0.15) is 17.3 Å². The lowest BCUT2D eigenvalue weighted by atomic mass is 10.2. The Balaban J connectivity index is 1.75. The molecule has 0 atom stereocenters. The molecule has 0 saturated heterocycles. The zero-order valence-corrected chi connectivity index (χ0v) is 15.9. The number of ether oxygens (including phenoxy) is 2. The summed E-state index contributed by atoms with van der Waals surface area (Å²) in [5, 5.41) is 3.30. The van der Waals surface area contributed by atoms with Crippen LogP contribution in [0.4, 0.5) is 11.5 Å². The molecule has 3 aromatic rings. The molecule has 0 bridgehead atoms. The number of methoxy groups -OCH3 is 2. The van der Waals surface area contributed by atoms with Gasteiger partial charge in [0.15, 0.2) is 0 Å². The Morgan fingerprint density at radius 1 is 1.11 bits per heavy atom. The van der Waals surface area contributed by atoms with E-state index in [0.29, 0.717) is 11.6 Å². The summed E-state index contributed by atoms with van der Waals surface area (Å²) < 4.78 is 14.3. The highest BCUT2D eigenvalue weighted by Crippen LogP contribution is 2.33. The van der Waals surface area contributed by atoms with Crippen LogP contribution in [-0.2, 0) is 7.05 Å². The zero-order chi connectivity index (χ0) is 19.0. The highest BCUT2D eigenvalue weighted by molar-refractivity contribution is 5.80. The van der Waals surface area contributed by atoms with E-state index in [9.17, 15) is 4.79 Å². The standard InChI is InChI=1S/C20H24N4O3/c1-23-17-12-21-19(22-15-9-8-14(26-2)10-18(15)27-3)11-16(17)24(20(23)25)13-6-4-5-7-13/h8-13H,4-7H2,1-3H3,(H,21,22). The molecule has 7 heteroatoms. The number of fused-ring (bicyclic) bond motifs is 1. The lowest BCUT2D eigenvalue weighted by molar-refractivity contribution is 0.395. The van der Waals surface area contributed by atoms with Crippen molar-refractivity contribution in [1.29, 1.82) is 0 Å². The average molecular weight is 368 g/mol. The fourth-order valence-corrected chi connectivity index (χ4v) is 3.88. The first-order valence-electron chi connectivity index (χ1n) is 9.18. The van der Waals surface area contributed by atoms with Crippen molar-refractivity contribution in [3.8, 4) is 11.5 Å². The molecule has 27 heavy (non-hydrogen) atoms. The van der Waals surface area contributed by atoms with Gasteiger partial charge in [0.25, 0.3) is 0 Å². The molecule has 1 fully saturated rings. The van der Waals surface area contributed by atoms with Gasteiger partial charge >= 0.3 is 5.69 Å². The van der Waals surface area contributed by atoms with Crippen LogP contribution in [-0.4, -0.2) is 28.3 Å². The monoisotopic (exact) mass is 368 g/mol. The number of nitrogens with one attached hydrogen (secondary N) is 1. The van der Waals surface area contributed by atoms with Crippen LogP contribution in [0, 0.1) is 0 Å². The molecule has 0 amide bonds. The minimum atomic E-state index is 0.0258. The van der Waals surface area contributed by atoms with Crippen LogP contribution in [0.3, 0.4) is 0 Å². The van der Waals surface area contributed by atoms with Crippen molar-refractivity contribution in [2.75, 3.05) is 19.5 Å². The van der Waals surface area contributed by atoms with E-state index in [1.54, 1.807) is 32.0 Å². The highest BCUT2D eigenvalue weighted by atomic mass is 16.5. The number of imidazole rings is 1. The summed E-state index contributed by atoms with van der Waals surface area (Å²) in [6.45, 7) is 0. The van der Waals surface area contributed by atoms with Crippen molar-refractivity contribution in [3.63, 3.8) is 0 Å². The molecule has 0 spiro atoms. The molecule has 1 N–H and O–H groups in total. The number of aromatic nitrogens is 3. The van der Waals surface area contributed by atoms with E-state index in [1.165, 1.54) is 12.8 Å². The SMILES string of the molecule is COc1ccc(Nc2cc3c(cn2)n(C)c(=O)n3C2CCCC2)c(OC)c1. The van der Waals surface area contributed by atoms with Gasteiger partial charge in [-0.1, -0.05) is 12.8 Å². The molecule has 0 radical (unpaired) electrons. The van der Waals surface area contributed by atoms with E-state index in [0.717, 1.165) is 35.3 Å². The van der Waals surface area contributed by atoms with E-state index < -0.39 is 0 Å². The van der Waals surface area contributed by atoms with E-state index in [4.69, 9.17) is 9.47 Å². The smallest absolute Gasteiger partial charge is 0.329 e. The Kier molecular flexibility index (Phi) is 4.51. The first-order valence-corrected chi connectivity index (χ1v) is 9.18. The molecule has 1 aliphatic carbocycles. The summed E-state index contributed by atoms with van der Waals surface area (Å²) in [7, 11) is 5.04. The third-order valence-corrected chi connectivity index (χ3v) is 5.34. The highest BCUT2D eigenvalue weighted by Gasteiger charge is 2.23. The second-order valence-electron chi connectivity index (χ2n) is 6.90. The number of hydrogen-bond acceptors (Lipinski definition) is 5. The molecule has 0 unspecified atom stereocenters. The van der Waals surface area contributed by atoms with Crippen LogP contribution < -0.4 is 20.5 Å². The average Bonchev–Trinajstić information content (AvgIpc) is 3.29. The molecule has 142 valence electrons. The minimum Gasteiger partial charge on any atom is -0.497 e. The molecule has 7 nitrogen and oxygen atoms in total. The maximum absolute atomic E-state index is 12.8. The van der Waals surface area contributed by atoms with Crippen LogP contribution >= 0.6 is 0 Å². The predicted octanol–water partition coefficient (Wildman–Crippen LogP) is 3.61. The minimum absolute atomic E-state index is 0.0258. The number of rotatable bonds is 5. The summed E-state index contributed by atoms with van der Waals surface area (Å²) in [6.07, 6.45) is 6.20. The summed E-state index contributed by atoms with van der Waals surface area (Å²) in [5.41, 5.74) is 2.58. The van der Waals surface area contributed by atoms with Gasteiger partial charge in [0.05, 0.1) is 37.1 Å². The number of anilines is 2. The molecule has 1 aromatic carbocycles. The summed E-state index contributed by atoms with van der Waals surface area (Å²) in [6, 6.07) is 7.78. The van der Waals surface area contributed by atoms with E-state index in [2.05, 4.69) is 10.3 Å². The van der Waals surface area contributed by atoms with Gasteiger partial charge in [-0.15, -0.1) is 0 Å². The van der Waals surface area contributed by atoms with E-state index >= 15 is 0 Å². The van der Waals surface area contributed by atoms with Gasteiger partial charge in [-0.25, -0.2) is 9.78 Å². The molecular weight excluding hydrogens is 344 g/mol. The first kappa shape index (κ1) is 17.5. The van der Waals surface area contributed by atoms with Gasteiger partial charge in [-0.3, -0.25) is 9.13 Å². The lowest BCUT2D eigenvalue weighted by Crippen LogP contribution is -2.24.